The van der Waals surface area contributed by atoms with Crippen LogP contribution in [-0.4, -0.2) is 61.0 Å². The summed E-state index contributed by atoms with van der Waals surface area (Å²) < 4.78 is 13.1. The maximum atomic E-state index is 5.96. The van der Waals surface area contributed by atoms with Crippen molar-refractivity contribution in [1.82, 2.24) is 20.0 Å². The normalized spacial score (nSPS) is 21.5. The lowest BCUT2D eigenvalue weighted by Gasteiger charge is -2.35. The Kier molecular flexibility index (Phi) is 5.26. The number of hydrogen-bond donors (Lipinski definition) is 1. The predicted octanol–water partition coefficient (Wildman–Crippen LogP) is 2.11. The Morgan fingerprint density at radius 3 is 2.75 bits per heavy atom. The van der Waals surface area contributed by atoms with Crippen molar-refractivity contribution in [2.24, 2.45) is 12.0 Å². The molecular formula is C21H29N5O2. The number of aromatic nitrogens is 2. The van der Waals surface area contributed by atoms with Crippen LogP contribution in [0.2, 0.25) is 0 Å². The number of rotatable bonds is 5. The van der Waals surface area contributed by atoms with Gasteiger partial charge in [0.15, 0.2) is 5.96 Å². The Morgan fingerprint density at radius 2 is 2.14 bits per heavy atom. The molecule has 2 aromatic rings. The van der Waals surface area contributed by atoms with Crippen LogP contribution in [0.3, 0.4) is 0 Å². The molecule has 1 aliphatic heterocycles. The second-order valence-corrected chi connectivity index (χ2v) is 7.66. The number of ether oxygens (including phenoxy) is 2. The number of nitrogens with one attached hydrogen (secondary N) is 1. The van der Waals surface area contributed by atoms with Gasteiger partial charge in [0.2, 0.25) is 0 Å². The van der Waals surface area contributed by atoms with Crippen molar-refractivity contribution in [2.75, 3.05) is 40.4 Å². The highest BCUT2D eigenvalue weighted by Gasteiger charge is 2.44. The largest absolute Gasteiger partial charge is 0.497 e. The van der Waals surface area contributed by atoms with E-state index in [9.17, 15) is 0 Å². The predicted molar refractivity (Wildman–Crippen MR) is 109 cm³/mol. The van der Waals surface area contributed by atoms with E-state index in [1.807, 2.05) is 43.3 Å². The van der Waals surface area contributed by atoms with Crippen LogP contribution in [0.4, 0.5) is 0 Å². The van der Waals surface area contributed by atoms with Crippen LogP contribution in [0.1, 0.15) is 30.1 Å². The summed E-state index contributed by atoms with van der Waals surface area (Å²) in [5.41, 5.74) is 2.68. The molecule has 1 aliphatic carbocycles. The fourth-order valence-electron chi connectivity index (χ4n) is 3.89. The Balaban J connectivity index is 1.39. The molecule has 7 heteroatoms. The van der Waals surface area contributed by atoms with Crippen molar-refractivity contribution in [3.8, 4) is 5.75 Å². The van der Waals surface area contributed by atoms with Gasteiger partial charge in [-0.1, -0.05) is 12.1 Å². The first-order chi connectivity index (χ1) is 13.6. The summed E-state index contributed by atoms with van der Waals surface area (Å²) in [5.74, 6) is 1.84. The standard InChI is InChI=1S/C21H29N5O2/c1-22-20(26-10-11-28-19(14-26)16-12-24-25(2)13-16)23-15-21(8-9-21)17-4-6-18(27-3)7-5-17/h4-7,12-13,19H,8-11,14-15H2,1-3H3,(H,22,23). The van der Waals surface area contributed by atoms with Crippen LogP contribution in [0.5, 0.6) is 5.75 Å². The van der Waals surface area contributed by atoms with E-state index in [4.69, 9.17) is 9.47 Å². The molecule has 4 rings (SSSR count). The Morgan fingerprint density at radius 1 is 1.36 bits per heavy atom. The lowest BCUT2D eigenvalue weighted by Crippen LogP contribution is -2.49. The van der Waals surface area contributed by atoms with Crippen molar-refractivity contribution in [1.29, 1.82) is 0 Å². The molecule has 2 aliphatic rings. The van der Waals surface area contributed by atoms with Gasteiger partial charge in [0, 0.05) is 44.4 Å². The summed E-state index contributed by atoms with van der Waals surface area (Å²) in [7, 11) is 5.48. The van der Waals surface area contributed by atoms with Crippen LogP contribution in [0.25, 0.3) is 0 Å². The fraction of sp³-hybridized carbons (Fsp3) is 0.524. The number of aryl methyl sites for hydroxylation is 1. The number of morpholine rings is 1. The van der Waals surface area contributed by atoms with Crippen LogP contribution in [0.15, 0.2) is 41.7 Å². The summed E-state index contributed by atoms with van der Waals surface area (Å²) in [5, 5.41) is 7.88. The second kappa shape index (κ2) is 7.83. The Labute approximate surface area is 166 Å². The lowest BCUT2D eigenvalue weighted by molar-refractivity contribution is -0.00805. The molecule has 150 valence electrons. The molecule has 0 radical (unpaired) electrons. The molecule has 28 heavy (non-hydrogen) atoms. The van der Waals surface area contributed by atoms with Gasteiger partial charge in [-0.15, -0.1) is 0 Å². The molecule has 7 nitrogen and oxygen atoms in total. The SMILES string of the molecule is CN=C(NCC1(c2ccc(OC)cc2)CC1)N1CCOC(c2cnn(C)c2)C1. The van der Waals surface area contributed by atoms with E-state index in [0.717, 1.165) is 36.9 Å². The van der Waals surface area contributed by atoms with Gasteiger partial charge in [-0.25, -0.2) is 0 Å². The first-order valence-electron chi connectivity index (χ1n) is 9.84. The molecular weight excluding hydrogens is 354 g/mol. The Bertz CT molecular complexity index is 826. The number of nitrogens with zero attached hydrogens (tertiary/aromatic N) is 4. The first-order valence-corrected chi connectivity index (χ1v) is 9.84. The minimum atomic E-state index is 0.0254. The highest BCUT2D eigenvalue weighted by molar-refractivity contribution is 5.80. The molecule has 2 fully saturated rings. The molecule has 0 bridgehead atoms. The van der Waals surface area contributed by atoms with Crippen LogP contribution in [-0.2, 0) is 17.2 Å². The quantitative estimate of drug-likeness (QED) is 0.633. The van der Waals surface area contributed by atoms with Crippen molar-refractivity contribution in [3.05, 3.63) is 47.8 Å². The zero-order chi connectivity index (χ0) is 19.6. The molecule has 1 aromatic heterocycles. The van der Waals surface area contributed by atoms with E-state index in [1.165, 1.54) is 18.4 Å². The topological polar surface area (TPSA) is 63.9 Å². The van der Waals surface area contributed by atoms with Gasteiger partial charge >= 0.3 is 0 Å². The molecule has 2 heterocycles. The third-order valence-corrected chi connectivity index (χ3v) is 5.82. The minimum absolute atomic E-state index is 0.0254. The third-order valence-electron chi connectivity index (χ3n) is 5.82. The highest BCUT2D eigenvalue weighted by Crippen LogP contribution is 2.47. The van der Waals surface area contributed by atoms with Crippen LogP contribution in [0, 0.1) is 0 Å². The number of benzene rings is 1. The van der Waals surface area contributed by atoms with E-state index in [0.29, 0.717) is 6.61 Å². The van der Waals surface area contributed by atoms with Crippen molar-refractivity contribution in [3.63, 3.8) is 0 Å². The van der Waals surface area contributed by atoms with E-state index in [1.54, 1.807) is 7.11 Å². The zero-order valence-corrected chi connectivity index (χ0v) is 16.9. The number of guanidine groups is 1. The minimum Gasteiger partial charge on any atom is -0.497 e. The number of methoxy groups -OCH3 is 1. The molecule has 1 aromatic carbocycles. The van der Waals surface area contributed by atoms with Gasteiger partial charge < -0.3 is 19.7 Å². The zero-order valence-electron chi connectivity index (χ0n) is 16.9. The van der Waals surface area contributed by atoms with E-state index >= 15 is 0 Å². The van der Waals surface area contributed by atoms with E-state index < -0.39 is 0 Å². The van der Waals surface area contributed by atoms with Gasteiger partial charge in [-0.3, -0.25) is 9.67 Å². The summed E-state index contributed by atoms with van der Waals surface area (Å²) in [4.78, 5) is 6.82. The summed E-state index contributed by atoms with van der Waals surface area (Å²) in [6.07, 6.45) is 6.33. The molecule has 1 saturated heterocycles. The average Bonchev–Trinajstić information content (AvgIpc) is 3.41. The van der Waals surface area contributed by atoms with Crippen LogP contribution >= 0.6 is 0 Å². The highest BCUT2D eigenvalue weighted by atomic mass is 16.5. The maximum Gasteiger partial charge on any atom is 0.193 e. The van der Waals surface area contributed by atoms with E-state index in [2.05, 4.69) is 32.4 Å². The fourth-order valence-corrected chi connectivity index (χ4v) is 3.89. The molecule has 1 saturated carbocycles. The van der Waals surface area contributed by atoms with Crippen LogP contribution < -0.4 is 10.1 Å². The van der Waals surface area contributed by atoms with Gasteiger partial charge in [0.05, 0.1) is 26.5 Å². The van der Waals surface area contributed by atoms with Crippen molar-refractivity contribution < 1.29 is 9.47 Å². The van der Waals surface area contributed by atoms with Gasteiger partial charge in [0.1, 0.15) is 11.9 Å². The number of aliphatic imine (C=N–C) groups is 1. The maximum absolute atomic E-state index is 5.96. The lowest BCUT2D eigenvalue weighted by atomic mass is 9.96. The first kappa shape index (κ1) is 18.8. The Hall–Kier alpha value is -2.54. The van der Waals surface area contributed by atoms with Gasteiger partial charge in [-0.05, 0) is 30.5 Å². The smallest absolute Gasteiger partial charge is 0.193 e. The molecule has 1 atom stereocenters. The van der Waals surface area contributed by atoms with E-state index in [-0.39, 0.29) is 11.5 Å². The average molecular weight is 383 g/mol. The van der Waals surface area contributed by atoms with Gasteiger partial charge in [0.25, 0.3) is 0 Å². The molecule has 1 N–H and O–H groups in total. The van der Waals surface area contributed by atoms with Gasteiger partial charge in [-0.2, -0.15) is 5.10 Å². The monoisotopic (exact) mass is 383 g/mol. The van der Waals surface area contributed by atoms with Crippen molar-refractivity contribution >= 4 is 5.96 Å². The molecule has 1 unspecified atom stereocenters. The summed E-state index contributed by atoms with van der Waals surface area (Å²) in [6.45, 7) is 3.19. The molecule has 0 spiro atoms. The number of hydrogen-bond acceptors (Lipinski definition) is 4. The van der Waals surface area contributed by atoms with Crippen molar-refractivity contribution in [2.45, 2.75) is 24.4 Å². The molecule has 0 amide bonds. The second-order valence-electron chi connectivity index (χ2n) is 7.66. The summed E-state index contributed by atoms with van der Waals surface area (Å²) in [6, 6.07) is 8.46. The third kappa shape index (κ3) is 3.85. The summed E-state index contributed by atoms with van der Waals surface area (Å²) >= 11 is 0.